The van der Waals surface area contributed by atoms with Gasteiger partial charge in [0.05, 0.1) is 12.1 Å². The van der Waals surface area contributed by atoms with Gasteiger partial charge < -0.3 is 16.2 Å². The second-order valence-corrected chi connectivity index (χ2v) is 3.46. The normalized spacial score (nSPS) is 31.6. The molecule has 1 fully saturated rings. The van der Waals surface area contributed by atoms with E-state index < -0.39 is 6.04 Å². The predicted molar refractivity (Wildman–Crippen MR) is 45.4 cm³/mol. The van der Waals surface area contributed by atoms with E-state index in [0.29, 0.717) is 6.42 Å². The lowest BCUT2D eigenvalue weighted by atomic mass is 10.2. The van der Waals surface area contributed by atoms with E-state index in [2.05, 4.69) is 5.32 Å². The predicted octanol–water partition coefficient (Wildman–Crippen LogP) is -0.637. The molecule has 1 aliphatic rings. The quantitative estimate of drug-likeness (QED) is 0.519. The first-order chi connectivity index (χ1) is 5.59. The van der Waals surface area contributed by atoms with Crippen LogP contribution in [0.5, 0.6) is 0 Å². The smallest absolute Gasteiger partial charge is 0.236 e. The van der Waals surface area contributed by atoms with Gasteiger partial charge in [0.25, 0.3) is 0 Å². The topological polar surface area (TPSA) is 75.4 Å². The van der Waals surface area contributed by atoms with Gasteiger partial charge in [0.2, 0.25) is 5.91 Å². The Morgan fingerprint density at radius 3 is 2.75 bits per heavy atom. The molecule has 0 aromatic carbocycles. The Kier molecular flexibility index (Phi) is 3.05. The second kappa shape index (κ2) is 3.87. The number of rotatable bonds is 2. The summed E-state index contributed by atoms with van der Waals surface area (Å²) in [6.07, 6.45) is 2.06. The Hall–Kier alpha value is -0.610. The van der Waals surface area contributed by atoms with Crippen LogP contribution in [0.1, 0.15) is 26.2 Å². The van der Waals surface area contributed by atoms with E-state index in [9.17, 15) is 4.79 Å². The maximum absolute atomic E-state index is 11.1. The van der Waals surface area contributed by atoms with Crippen LogP contribution in [0.2, 0.25) is 0 Å². The molecular weight excluding hydrogens is 156 g/mol. The summed E-state index contributed by atoms with van der Waals surface area (Å²) >= 11 is 0. The van der Waals surface area contributed by atoms with Crippen molar-refractivity contribution in [1.82, 2.24) is 5.32 Å². The van der Waals surface area contributed by atoms with Gasteiger partial charge in [-0.05, 0) is 26.2 Å². The number of amides is 1. The minimum absolute atomic E-state index is 0.124. The fraction of sp³-hybridized carbons (Fsp3) is 0.875. The van der Waals surface area contributed by atoms with Gasteiger partial charge in [-0.3, -0.25) is 4.79 Å². The van der Waals surface area contributed by atoms with Gasteiger partial charge in [0.1, 0.15) is 0 Å². The summed E-state index contributed by atoms with van der Waals surface area (Å²) in [6, 6.07) is -0.332. The van der Waals surface area contributed by atoms with E-state index >= 15 is 0 Å². The number of aliphatic hydroxyl groups is 1. The maximum atomic E-state index is 11.1. The van der Waals surface area contributed by atoms with Crippen LogP contribution < -0.4 is 11.1 Å². The van der Waals surface area contributed by atoms with Gasteiger partial charge >= 0.3 is 0 Å². The van der Waals surface area contributed by atoms with Crippen molar-refractivity contribution in [2.75, 3.05) is 0 Å². The summed E-state index contributed by atoms with van der Waals surface area (Å²) in [5.41, 5.74) is 5.37. The monoisotopic (exact) mass is 172 g/mol. The van der Waals surface area contributed by atoms with Crippen molar-refractivity contribution in [3.05, 3.63) is 0 Å². The average molecular weight is 172 g/mol. The molecule has 1 aliphatic carbocycles. The Morgan fingerprint density at radius 2 is 2.33 bits per heavy atom. The first-order valence-corrected chi connectivity index (χ1v) is 4.33. The van der Waals surface area contributed by atoms with Gasteiger partial charge in [0.15, 0.2) is 0 Å². The molecule has 0 aliphatic heterocycles. The van der Waals surface area contributed by atoms with Gasteiger partial charge in [-0.1, -0.05) is 0 Å². The van der Waals surface area contributed by atoms with Crippen LogP contribution in [0.15, 0.2) is 0 Å². The molecule has 0 saturated heterocycles. The molecular formula is C8H16N2O2. The summed E-state index contributed by atoms with van der Waals surface area (Å²) in [7, 11) is 0. The molecule has 4 N–H and O–H groups in total. The third kappa shape index (κ3) is 2.46. The fourth-order valence-corrected chi connectivity index (χ4v) is 1.42. The molecule has 1 rings (SSSR count). The van der Waals surface area contributed by atoms with Gasteiger partial charge in [0, 0.05) is 6.04 Å². The van der Waals surface area contributed by atoms with Crippen LogP contribution in [-0.4, -0.2) is 29.2 Å². The van der Waals surface area contributed by atoms with Crippen molar-refractivity contribution in [1.29, 1.82) is 0 Å². The van der Waals surface area contributed by atoms with Gasteiger partial charge in [-0.15, -0.1) is 0 Å². The standard InChI is InChI=1S/C8H16N2O2/c1-5(9)8(12)10-6-2-3-7(11)4-6/h5-7,11H,2-4,9H2,1H3,(H,10,12)/t5-,6+,7-/m0/s1. The fourth-order valence-electron chi connectivity index (χ4n) is 1.42. The van der Waals surface area contributed by atoms with Gasteiger partial charge in [-0.25, -0.2) is 0 Å². The highest BCUT2D eigenvalue weighted by Crippen LogP contribution is 2.18. The summed E-state index contributed by atoms with van der Waals surface area (Å²) in [6.45, 7) is 1.65. The number of aliphatic hydroxyl groups excluding tert-OH is 1. The van der Waals surface area contributed by atoms with Crippen LogP contribution in [0.25, 0.3) is 0 Å². The van der Waals surface area contributed by atoms with Crippen LogP contribution >= 0.6 is 0 Å². The zero-order valence-electron chi connectivity index (χ0n) is 7.29. The Bertz CT molecular complexity index is 170. The number of hydrogen-bond acceptors (Lipinski definition) is 3. The minimum atomic E-state index is -0.456. The third-order valence-electron chi connectivity index (χ3n) is 2.16. The minimum Gasteiger partial charge on any atom is -0.393 e. The molecule has 0 unspecified atom stereocenters. The van der Waals surface area contributed by atoms with Crippen LogP contribution in [0, 0.1) is 0 Å². The van der Waals surface area contributed by atoms with E-state index in [4.69, 9.17) is 10.8 Å². The number of nitrogens with one attached hydrogen (secondary N) is 1. The molecule has 12 heavy (non-hydrogen) atoms. The highest BCUT2D eigenvalue weighted by atomic mass is 16.3. The van der Waals surface area contributed by atoms with Crippen LogP contribution in [0.4, 0.5) is 0 Å². The second-order valence-electron chi connectivity index (χ2n) is 3.46. The zero-order chi connectivity index (χ0) is 9.14. The molecule has 0 aromatic rings. The van der Waals surface area contributed by atoms with E-state index in [-0.39, 0.29) is 18.1 Å². The first kappa shape index (κ1) is 9.48. The molecule has 4 nitrogen and oxygen atoms in total. The summed E-state index contributed by atoms with van der Waals surface area (Å²) in [5.74, 6) is -0.130. The largest absolute Gasteiger partial charge is 0.393 e. The Balaban J connectivity index is 2.28. The first-order valence-electron chi connectivity index (χ1n) is 4.33. The van der Waals surface area contributed by atoms with Crippen molar-refractivity contribution in [3.8, 4) is 0 Å². The van der Waals surface area contributed by atoms with Crippen molar-refractivity contribution in [2.45, 2.75) is 44.4 Å². The maximum Gasteiger partial charge on any atom is 0.236 e. The summed E-state index contributed by atoms with van der Waals surface area (Å²) in [5, 5.41) is 12.0. The zero-order valence-corrected chi connectivity index (χ0v) is 7.29. The highest BCUT2D eigenvalue weighted by molar-refractivity contribution is 5.81. The number of carbonyl (C=O) groups excluding carboxylic acids is 1. The molecule has 0 heterocycles. The van der Waals surface area contributed by atoms with Crippen molar-refractivity contribution in [2.24, 2.45) is 5.73 Å². The SMILES string of the molecule is C[C@H](N)C(=O)N[C@@H]1CC[C@H](O)C1. The van der Waals surface area contributed by atoms with Gasteiger partial charge in [-0.2, -0.15) is 0 Å². The van der Waals surface area contributed by atoms with Crippen LogP contribution in [-0.2, 0) is 4.79 Å². The molecule has 0 spiro atoms. The van der Waals surface area contributed by atoms with E-state index in [1.807, 2.05) is 0 Å². The van der Waals surface area contributed by atoms with Crippen molar-refractivity contribution in [3.63, 3.8) is 0 Å². The van der Waals surface area contributed by atoms with Crippen molar-refractivity contribution < 1.29 is 9.90 Å². The lowest BCUT2D eigenvalue weighted by molar-refractivity contribution is -0.122. The molecule has 0 aromatic heterocycles. The molecule has 0 radical (unpaired) electrons. The molecule has 70 valence electrons. The molecule has 3 atom stereocenters. The summed E-state index contributed by atoms with van der Waals surface area (Å²) < 4.78 is 0. The third-order valence-corrected chi connectivity index (χ3v) is 2.16. The molecule has 1 saturated carbocycles. The van der Waals surface area contributed by atoms with E-state index in [0.717, 1.165) is 12.8 Å². The van der Waals surface area contributed by atoms with E-state index in [1.165, 1.54) is 0 Å². The van der Waals surface area contributed by atoms with Crippen molar-refractivity contribution >= 4 is 5.91 Å². The average Bonchev–Trinajstić information content (AvgIpc) is 2.35. The number of nitrogens with two attached hydrogens (primary N) is 1. The highest BCUT2D eigenvalue weighted by Gasteiger charge is 2.24. The Labute approximate surface area is 72.1 Å². The lowest BCUT2D eigenvalue weighted by Gasteiger charge is -2.13. The molecule has 0 bridgehead atoms. The molecule has 4 heteroatoms. The van der Waals surface area contributed by atoms with E-state index in [1.54, 1.807) is 6.92 Å². The molecule has 1 amide bonds. The summed E-state index contributed by atoms with van der Waals surface area (Å²) in [4.78, 5) is 11.1. The number of hydrogen-bond donors (Lipinski definition) is 3. The lowest BCUT2D eigenvalue weighted by Crippen LogP contribution is -2.43. The Morgan fingerprint density at radius 1 is 1.67 bits per heavy atom. The number of carbonyl (C=O) groups is 1. The van der Waals surface area contributed by atoms with Crippen LogP contribution in [0.3, 0.4) is 0 Å².